The Morgan fingerprint density at radius 2 is 2.14 bits per heavy atom. The molecule has 0 fully saturated rings. The van der Waals surface area contributed by atoms with Crippen molar-refractivity contribution in [3.05, 3.63) is 57.2 Å². The van der Waals surface area contributed by atoms with Gasteiger partial charge in [0.2, 0.25) is 0 Å². The van der Waals surface area contributed by atoms with Crippen molar-refractivity contribution in [2.24, 2.45) is 0 Å². The fourth-order valence-electron chi connectivity index (χ4n) is 2.11. The number of ether oxygens (including phenoxy) is 1. The zero-order valence-corrected chi connectivity index (χ0v) is 14.1. The minimum atomic E-state index is -0.528. The molecule has 1 aromatic carbocycles. The summed E-state index contributed by atoms with van der Waals surface area (Å²) in [6.07, 6.45) is 1.68. The molecule has 2 aromatic rings. The lowest BCUT2D eigenvalue weighted by atomic mass is 10.1. The summed E-state index contributed by atoms with van der Waals surface area (Å²) in [5.41, 5.74) is 0.761. The van der Waals surface area contributed by atoms with Gasteiger partial charge in [0.1, 0.15) is 6.04 Å². The van der Waals surface area contributed by atoms with Crippen LogP contribution in [0.4, 0.5) is 0 Å². The van der Waals surface area contributed by atoms with Crippen molar-refractivity contribution in [3.63, 3.8) is 0 Å². The molecule has 5 heteroatoms. The number of hydrogen-bond donors (Lipinski definition) is 1. The van der Waals surface area contributed by atoms with Crippen LogP contribution in [-0.4, -0.2) is 19.1 Å². The molecule has 22 heavy (non-hydrogen) atoms. The van der Waals surface area contributed by atoms with Crippen molar-refractivity contribution in [3.8, 4) is 0 Å². The van der Waals surface area contributed by atoms with Gasteiger partial charge in [0.15, 0.2) is 0 Å². The number of benzene rings is 1. The summed E-state index contributed by atoms with van der Waals surface area (Å²) in [6, 6.07) is 11.0. The summed E-state index contributed by atoms with van der Waals surface area (Å²) in [7, 11) is 0. The Morgan fingerprint density at radius 3 is 2.82 bits per heavy atom. The maximum Gasteiger partial charge on any atom is 0.327 e. The molecule has 0 aliphatic heterocycles. The normalized spacial score (nSPS) is 12.1. The fraction of sp³-hybridized carbons (Fsp3) is 0.353. The van der Waals surface area contributed by atoms with Crippen LogP contribution in [0.2, 0.25) is 5.02 Å². The van der Waals surface area contributed by atoms with Crippen LogP contribution in [-0.2, 0) is 16.0 Å². The van der Waals surface area contributed by atoms with Crippen LogP contribution in [0.5, 0.6) is 0 Å². The third-order valence-electron chi connectivity index (χ3n) is 3.20. The number of thiophene rings is 1. The van der Waals surface area contributed by atoms with Crippen LogP contribution in [0, 0.1) is 0 Å². The molecular weight excluding hydrogens is 318 g/mol. The van der Waals surface area contributed by atoms with Crippen LogP contribution in [0.1, 0.15) is 29.8 Å². The molecule has 1 heterocycles. The van der Waals surface area contributed by atoms with Gasteiger partial charge in [0.25, 0.3) is 0 Å². The Hall–Kier alpha value is -1.36. The molecule has 0 aliphatic rings. The van der Waals surface area contributed by atoms with Crippen molar-refractivity contribution in [2.45, 2.75) is 25.8 Å². The summed E-state index contributed by atoms with van der Waals surface area (Å²) in [5.74, 6) is -0.277. The van der Waals surface area contributed by atoms with E-state index in [-0.39, 0.29) is 5.97 Å². The van der Waals surface area contributed by atoms with E-state index in [1.807, 2.05) is 31.2 Å². The van der Waals surface area contributed by atoms with E-state index in [0.717, 1.165) is 18.4 Å². The molecule has 2 rings (SSSR count). The second-order valence-corrected chi connectivity index (χ2v) is 6.34. The molecule has 0 saturated carbocycles. The molecule has 1 unspecified atom stereocenters. The highest BCUT2D eigenvalue weighted by molar-refractivity contribution is 7.09. The Bertz CT molecular complexity index is 586. The Labute approximate surface area is 140 Å². The molecule has 1 aromatic heterocycles. The Balaban J connectivity index is 2.04. The van der Waals surface area contributed by atoms with Gasteiger partial charge < -0.3 is 10.1 Å². The summed E-state index contributed by atoms with van der Waals surface area (Å²) in [4.78, 5) is 13.6. The van der Waals surface area contributed by atoms with E-state index >= 15 is 0 Å². The van der Waals surface area contributed by atoms with Crippen molar-refractivity contribution in [1.29, 1.82) is 0 Å². The van der Waals surface area contributed by atoms with Crippen molar-refractivity contribution >= 4 is 28.9 Å². The number of halogens is 1. The van der Waals surface area contributed by atoms with Crippen molar-refractivity contribution in [1.82, 2.24) is 5.32 Å². The summed E-state index contributed by atoms with van der Waals surface area (Å²) < 4.78 is 5.29. The van der Waals surface area contributed by atoms with Crippen LogP contribution >= 0.6 is 22.9 Å². The molecule has 0 aliphatic carbocycles. The van der Waals surface area contributed by atoms with Crippen molar-refractivity contribution < 1.29 is 9.53 Å². The van der Waals surface area contributed by atoms with Crippen LogP contribution in [0.25, 0.3) is 0 Å². The van der Waals surface area contributed by atoms with Gasteiger partial charge in [-0.05, 0) is 35.9 Å². The average Bonchev–Trinajstić information content (AvgIpc) is 3.03. The number of esters is 1. The van der Waals surface area contributed by atoms with Gasteiger partial charge in [-0.3, -0.25) is 0 Å². The number of hydrogen-bond acceptors (Lipinski definition) is 4. The first kappa shape index (κ1) is 17.0. The number of carbonyl (C=O) groups excluding carboxylic acids is 1. The van der Waals surface area contributed by atoms with Gasteiger partial charge >= 0.3 is 5.97 Å². The topological polar surface area (TPSA) is 38.3 Å². The minimum Gasteiger partial charge on any atom is -0.464 e. The summed E-state index contributed by atoms with van der Waals surface area (Å²) >= 11 is 7.94. The molecule has 0 spiro atoms. The molecule has 118 valence electrons. The minimum absolute atomic E-state index is 0.277. The average molecular weight is 338 g/mol. The quantitative estimate of drug-likeness (QED) is 0.733. The maximum absolute atomic E-state index is 12.3. The Kier molecular flexibility index (Phi) is 6.90. The van der Waals surface area contributed by atoms with Gasteiger partial charge in [-0.15, -0.1) is 11.3 Å². The van der Waals surface area contributed by atoms with E-state index < -0.39 is 6.04 Å². The number of carbonyl (C=O) groups is 1. The largest absolute Gasteiger partial charge is 0.464 e. The van der Waals surface area contributed by atoms with Gasteiger partial charge in [0.05, 0.1) is 6.61 Å². The molecule has 0 amide bonds. The van der Waals surface area contributed by atoms with E-state index in [4.69, 9.17) is 16.3 Å². The fourth-order valence-corrected chi connectivity index (χ4v) is 3.06. The number of rotatable bonds is 8. The third-order valence-corrected chi connectivity index (χ3v) is 4.48. The second-order valence-electron chi connectivity index (χ2n) is 4.91. The lowest BCUT2D eigenvalue weighted by Crippen LogP contribution is -2.32. The monoisotopic (exact) mass is 337 g/mol. The van der Waals surface area contributed by atoms with Crippen LogP contribution in [0.3, 0.4) is 0 Å². The highest BCUT2D eigenvalue weighted by Gasteiger charge is 2.23. The highest BCUT2D eigenvalue weighted by Crippen LogP contribution is 2.24. The van der Waals surface area contributed by atoms with E-state index in [1.165, 1.54) is 4.88 Å². The number of nitrogens with one attached hydrogen (secondary N) is 1. The van der Waals surface area contributed by atoms with Gasteiger partial charge in [-0.2, -0.15) is 0 Å². The highest BCUT2D eigenvalue weighted by atomic mass is 35.5. The Morgan fingerprint density at radius 1 is 1.32 bits per heavy atom. The zero-order valence-electron chi connectivity index (χ0n) is 12.5. The standard InChI is InChI=1S/C17H20ClNO2S/c1-2-11-21-17(20)16(14-7-3-4-8-15(14)18)19-10-9-13-6-5-12-22-13/h3-8,12,16,19H,2,9-11H2,1H3. The molecular formula is C17H20ClNO2S. The molecule has 1 atom stereocenters. The maximum atomic E-state index is 12.3. The second kappa shape index (κ2) is 8.93. The molecule has 3 nitrogen and oxygen atoms in total. The summed E-state index contributed by atoms with van der Waals surface area (Å²) in [6.45, 7) is 3.09. The van der Waals surface area contributed by atoms with E-state index in [0.29, 0.717) is 18.2 Å². The lowest BCUT2D eigenvalue weighted by molar-refractivity contribution is -0.146. The lowest BCUT2D eigenvalue weighted by Gasteiger charge is -2.19. The van der Waals surface area contributed by atoms with E-state index in [9.17, 15) is 4.79 Å². The van der Waals surface area contributed by atoms with Gasteiger partial charge in [-0.25, -0.2) is 4.79 Å². The van der Waals surface area contributed by atoms with E-state index in [1.54, 1.807) is 17.4 Å². The smallest absolute Gasteiger partial charge is 0.327 e. The first-order chi connectivity index (χ1) is 10.7. The third kappa shape index (κ3) is 4.83. The predicted octanol–water partition coefficient (Wildman–Crippen LogP) is 4.23. The van der Waals surface area contributed by atoms with Crippen LogP contribution < -0.4 is 5.32 Å². The van der Waals surface area contributed by atoms with Gasteiger partial charge in [-0.1, -0.05) is 42.8 Å². The van der Waals surface area contributed by atoms with E-state index in [2.05, 4.69) is 16.8 Å². The zero-order chi connectivity index (χ0) is 15.8. The van der Waals surface area contributed by atoms with Gasteiger partial charge in [0, 0.05) is 16.4 Å². The SMILES string of the molecule is CCCOC(=O)C(NCCc1cccs1)c1ccccc1Cl. The first-order valence-electron chi connectivity index (χ1n) is 7.39. The molecule has 0 radical (unpaired) electrons. The van der Waals surface area contributed by atoms with Crippen molar-refractivity contribution in [2.75, 3.05) is 13.2 Å². The molecule has 0 saturated heterocycles. The summed E-state index contributed by atoms with van der Waals surface area (Å²) in [5, 5.41) is 5.90. The molecule has 0 bridgehead atoms. The van der Waals surface area contributed by atoms with Crippen LogP contribution in [0.15, 0.2) is 41.8 Å². The predicted molar refractivity (Wildman–Crippen MR) is 91.5 cm³/mol. The first-order valence-corrected chi connectivity index (χ1v) is 8.65. The molecule has 1 N–H and O–H groups in total.